The minimum absolute atomic E-state index is 0.00704. The number of rotatable bonds is 6. The van der Waals surface area contributed by atoms with Crippen molar-refractivity contribution in [3.05, 3.63) is 52.5 Å². The van der Waals surface area contributed by atoms with E-state index in [0.29, 0.717) is 24.7 Å². The molecule has 0 aromatic heterocycles. The third kappa shape index (κ3) is 4.88. The number of halogens is 1. The van der Waals surface area contributed by atoms with Gasteiger partial charge in [0.25, 0.3) is 5.91 Å². The first-order chi connectivity index (χ1) is 12.9. The van der Waals surface area contributed by atoms with Crippen molar-refractivity contribution >= 4 is 37.4 Å². The van der Waals surface area contributed by atoms with Gasteiger partial charge in [-0.15, -0.1) is 0 Å². The number of hydrogen-bond donors (Lipinski definition) is 1. The first kappa shape index (κ1) is 19.9. The molecule has 0 unspecified atom stereocenters. The molecule has 1 heterocycles. The summed E-state index contributed by atoms with van der Waals surface area (Å²) in [7, 11) is -2.08. The third-order valence-corrected chi connectivity index (χ3v) is 6.77. The van der Waals surface area contributed by atoms with Gasteiger partial charge in [0.15, 0.2) is 9.84 Å². The maximum absolute atomic E-state index is 12.7. The van der Waals surface area contributed by atoms with Crippen LogP contribution >= 0.6 is 15.9 Å². The molecule has 1 aliphatic heterocycles. The fraction of sp³-hybridized carbons (Fsp3) is 0.316. The summed E-state index contributed by atoms with van der Waals surface area (Å²) >= 11 is 3.34. The van der Waals surface area contributed by atoms with Crippen molar-refractivity contribution in [2.75, 3.05) is 31.4 Å². The molecule has 8 heteroatoms. The van der Waals surface area contributed by atoms with Gasteiger partial charge >= 0.3 is 0 Å². The van der Waals surface area contributed by atoms with E-state index in [1.807, 2.05) is 0 Å². The van der Waals surface area contributed by atoms with Gasteiger partial charge in [0.1, 0.15) is 5.75 Å². The van der Waals surface area contributed by atoms with Crippen molar-refractivity contribution in [2.24, 2.45) is 5.92 Å². The van der Waals surface area contributed by atoms with Gasteiger partial charge in [-0.25, -0.2) is 8.42 Å². The van der Waals surface area contributed by atoms with Gasteiger partial charge in [0.2, 0.25) is 0 Å². The number of methoxy groups -OCH3 is 1. The number of carbonyl (C=O) groups is 1. The molecule has 2 aromatic rings. The lowest BCUT2D eigenvalue weighted by molar-refractivity contribution is 0.102. The van der Waals surface area contributed by atoms with Crippen LogP contribution in [0.1, 0.15) is 16.8 Å². The summed E-state index contributed by atoms with van der Waals surface area (Å²) in [6.45, 7) is 1.04. The number of carbonyl (C=O) groups excluding carboxylic acids is 1. The molecule has 1 fully saturated rings. The van der Waals surface area contributed by atoms with E-state index in [1.54, 1.807) is 24.3 Å². The fourth-order valence-electron chi connectivity index (χ4n) is 2.91. The average Bonchev–Trinajstić information content (AvgIpc) is 3.15. The number of amides is 1. The highest BCUT2D eigenvalue weighted by Crippen LogP contribution is 2.26. The van der Waals surface area contributed by atoms with Crippen molar-refractivity contribution in [1.29, 1.82) is 0 Å². The highest BCUT2D eigenvalue weighted by Gasteiger charge is 2.26. The van der Waals surface area contributed by atoms with E-state index in [2.05, 4.69) is 21.2 Å². The Balaban J connectivity index is 1.86. The fourth-order valence-corrected chi connectivity index (χ4v) is 4.82. The standard InChI is InChI=1S/C19H20BrNO5S/c1-25-18-7-6-16(27(23,24)12-13-8-9-26-11-13)10-17(18)19(22)21-15-4-2-14(20)3-5-15/h2-7,10,13H,8-9,11-12H2,1H3,(H,21,22)/t13-/m0/s1. The predicted octanol–water partition coefficient (Wildman–Crippen LogP) is 3.52. The van der Waals surface area contributed by atoms with Gasteiger partial charge in [0, 0.05) is 16.8 Å². The molecular weight excluding hydrogens is 434 g/mol. The van der Waals surface area contributed by atoms with E-state index in [-0.39, 0.29) is 22.1 Å². The largest absolute Gasteiger partial charge is 0.496 e. The smallest absolute Gasteiger partial charge is 0.259 e. The second-order valence-electron chi connectivity index (χ2n) is 6.33. The minimum Gasteiger partial charge on any atom is -0.496 e. The van der Waals surface area contributed by atoms with Crippen LogP contribution in [0.25, 0.3) is 0 Å². The zero-order valence-electron chi connectivity index (χ0n) is 14.8. The summed E-state index contributed by atoms with van der Waals surface area (Å²) in [6, 6.07) is 11.5. The number of anilines is 1. The summed E-state index contributed by atoms with van der Waals surface area (Å²) in [5, 5.41) is 2.76. The molecule has 1 amide bonds. The van der Waals surface area contributed by atoms with Crippen LogP contribution in [-0.2, 0) is 14.6 Å². The molecule has 0 aliphatic carbocycles. The molecule has 0 spiro atoms. The highest BCUT2D eigenvalue weighted by atomic mass is 79.9. The minimum atomic E-state index is -3.52. The second kappa shape index (κ2) is 8.41. The quantitative estimate of drug-likeness (QED) is 0.723. The van der Waals surface area contributed by atoms with Crippen LogP contribution in [0.4, 0.5) is 5.69 Å². The monoisotopic (exact) mass is 453 g/mol. The Hall–Kier alpha value is -1.90. The Morgan fingerprint density at radius 1 is 1.26 bits per heavy atom. The zero-order chi connectivity index (χ0) is 19.4. The number of benzene rings is 2. The Morgan fingerprint density at radius 2 is 2.00 bits per heavy atom. The molecule has 1 N–H and O–H groups in total. The summed E-state index contributed by atoms with van der Waals surface area (Å²) in [6.07, 6.45) is 0.728. The molecular formula is C19H20BrNO5S. The first-order valence-corrected chi connectivity index (χ1v) is 10.9. The van der Waals surface area contributed by atoms with Crippen LogP contribution in [0, 0.1) is 5.92 Å². The van der Waals surface area contributed by atoms with Crippen LogP contribution < -0.4 is 10.1 Å². The first-order valence-electron chi connectivity index (χ1n) is 8.44. The summed E-state index contributed by atoms with van der Waals surface area (Å²) in [4.78, 5) is 12.8. The van der Waals surface area contributed by atoms with E-state index < -0.39 is 15.7 Å². The summed E-state index contributed by atoms with van der Waals surface area (Å²) in [5.41, 5.74) is 0.769. The van der Waals surface area contributed by atoms with Crippen LogP contribution in [-0.4, -0.2) is 40.4 Å². The lowest BCUT2D eigenvalue weighted by atomic mass is 10.1. The SMILES string of the molecule is COc1ccc(S(=O)(=O)C[C@H]2CCOC2)cc1C(=O)Nc1ccc(Br)cc1. The van der Waals surface area contributed by atoms with Crippen molar-refractivity contribution in [3.8, 4) is 5.75 Å². The second-order valence-corrected chi connectivity index (χ2v) is 9.28. The van der Waals surface area contributed by atoms with Gasteiger partial charge in [-0.1, -0.05) is 15.9 Å². The Bertz CT molecular complexity index is 922. The van der Waals surface area contributed by atoms with Crippen molar-refractivity contribution in [2.45, 2.75) is 11.3 Å². The third-order valence-electron chi connectivity index (χ3n) is 4.36. The molecule has 6 nitrogen and oxygen atoms in total. The highest BCUT2D eigenvalue weighted by molar-refractivity contribution is 9.10. The van der Waals surface area contributed by atoms with E-state index in [0.717, 1.165) is 10.9 Å². The molecule has 27 heavy (non-hydrogen) atoms. The van der Waals surface area contributed by atoms with E-state index >= 15 is 0 Å². The molecule has 1 atom stereocenters. The normalized spacial score (nSPS) is 16.9. The molecule has 144 valence electrons. The van der Waals surface area contributed by atoms with Crippen LogP contribution in [0.3, 0.4) is 0 Å². The summed E-state index contributed by atoms with van der Waals surface area (Å²) < 4.78 is 36.8. The molecule has 0 bridgehead atoms. The van der Waals surface area contributed by atoms with Gasteiger partial charge in [-0.3, -0.25) is 4.79 Å². The predicted molar refractivity (Wildman–Crippen MR) is 106 cm³/mol. The molecule has 1 aliphatic rings. The number of nitrogens with one attached hydrogen (secondary N) is 1. The van der Waals surface area contributed by atoms with Crippen molar-refractivity contribution < 1.29 is 22.7 Å². The maximum atomic E-state index is 12.7. The number of hydrogen-bond acceptors (Lipinski definition) is 5. The lowest BCUT2D eigenvalue weighted by Gasteiger charge is -2.13. The average molecular weight is 454 g/mol. The number of ether oxygens (including phenoxy) is 2. The van der Waals surface area contributed by atoms with Crippen LogP contribution in [0.2, 0.25) is 0 Å². The van der Waals surface area contributed by atoms with Gasteiger partial charge in [0.05, 0.1) is 29.9 Å². The van der Waals surface area contributed by atoms with E-state index in [4.69, 9.17) is 9.47 Å². The summed E-state index contributed by atoms with van der Waals surface area (Å²) in [5.74, 6) is -0.132. The van der Waals surface area contributed by atoms with E-state index in [1.165, 1.54) is 25.3 Å². The lowest BCUT2D eigenvalue weighted by Crippen LogP contribution is -2.18. The Kier molecular flexibility index (Phi) is 6.18. The van der Waals surface area contributed by atoms with Crippen molar-refractivity contribution in [3.63, 3.8) is 0 Å². The van der Waals surface area contributed by atoms with Crippen LogP contribution in [0.5, 0.6) is 5.75 Å². The molecule has 3 rings (SSSR count). The van der Waals surface area contributed by atoms with Gasteiger partial charge in [-0.2, -0.15) is 0 Å². The molecule has 0 saturated carbocycles. The van der Waals surface area contributed by atoms with Crippen molar-refractivity contribution in [1.82, 2.24) is 0 Å². The van der Waals surface area contributed by atoms with Gasteiger partial charge in [-0.05, 0) is 54.8 Å². The Labute approximate surface area is 166 Å². The maximum Gasteiger partial charge on any atom is 0.259 e. The molecule has 0 radical (unpaired) electrons. The zero-order valence-corrected chi connectivity index (χ0v) is 17.2. The Morgan fingerprint density at radius 3 is 2.63 bits per heavy atom. The van der Waals surface area contributed by atoms with Gasteiger partial charge < -0.3 is 14.8 Å². The topological polar surface area (TPSA) is 81.7 Å². The molecule has 2 aromatic carbocycles. The molecule has 1 saturated heterocycles. The number of sulfone groups is 1. The van der Waals surface area contributed by atoms with E-state index in [9.17, 15) is 13.2 Å². The van der Waals surface area contributed by atoms with Crippen LogP contribution in [0.15, 0.2) is 51.8 Å².